The van der Waals surface area contributed by atoms with Crippen LogP contribution in [0.5, 0.6) is 5.75 Å². The summed E-state index contributed by atoms with van der Waals surface area (Å²) in [6, 6.07) is 20.1. The summed E-state index contributed by atoms with van der Waals surface area (Å²) in [4.78, 5) is 13.6. The van der Waals surface area contributed by atoms with Crippen LogP contribution in [0, 0.1) is 0 Å². The van der Waals surface area contributed by atoms with Crippen LogP contribution < -0.4 is 14.4 Å². The van der Waals surface area contributed by atoms with Crippen molar-refractivity contribution in [3.63, 3.8) is 0 Å². The van der Waals surface area contributed by atoms with E-state index in [0.717, 1.165) is 24.0 Å². The summed E-state index contributed by atoms with van der Waals surface area (Å²) in [7, 11) is -3.92. The molecule has 2 aliphatic rings. The number of nitrogens with one attached hydrogen (secondary N) is 1. The van der Waals surface area contributed by atoms with E-state index in [1.807, 2.05) is 19.1 Å². The van der Waals surface area contributed by atoms with Crippen molar-refractivity contribution in [2.24, 2.45) is 0 Å². The molecule has 0 saturated carbocycles. The molecule has 1 amide bonds. The summed E-state index contributed by atoms with van der Waals surface area (Å²) in [5, 5.41) is 3.07. The highest BCUT2D eigenvalue weighted by Gasteiger charge is 2.38. The van der Waals surface area contributed by atoms with Crippen LogP contribution in [0.2, 0.25) is 0 Å². The molecule has 0 fully saturated rings. The molecule has 1 heterocycles. The molecular formula is C31H36N2O4S. The first-order valence-electron chi connectivity index (χ1n) is 13.3. The first kappa shape index (κ1) is 26.3. The fourth-order valence-electron chi connectivity index (χ4n) is 5.21. The van der Waals surface area contributed by atoms with Gasteiger partial charge < -0.3 is 10.1 Å². The molecule has 1 aliphatic carbocycles. The minimum atomic E-state index is -3.92. The molecule has 3 aromatic rings. The number of nitrogens with zero attached hydrogens (tertiary/aromatic N) is 1. The summed E-state index contributed by atoms with van der Waals surface area (Å²) in [5.74, 6) is 0.0411. The molecule has 1 N–H and O–H groups in total. The molecule has 0 spiro atoms. The lowest BCUT2D eigenvalue weighted by Crippen LogP contribution is -2.51. The number of benzene rings is 3. The van der Waals surface area contributed by atoms with E-state index < -0.39 is 16.1 Å². The maximum atomic E-state index is 13.8. The first-order valence-corrected chi connectivity index (χ1v) is 14.8. The lowest BCUT2D eigenvalue weighted by atomic mass is 9.86. The molecule has 38 heavy (non-hydrogen) atoms. The fourth-order valence-corrected chi connectivity index (χ4v) is 6.70. The van der Waals surface area contributed by atoms with Crippen molar-refractivity contribution >= 4 is 21.6 Å². The van der Waals surface area contributed by atoms with Crippen LogP contribution in [0.25, 0.3) is 0 Å². The number of hydrogen-bond acceptors (Lipinski definition) is 4. The second kappa shape index (κ2) is 10.1. The van der Waals surface area contributed by atoms with E-state index in [9.17, 15) is 13.2 Å². The van der Waals surface area contributed by atoms with Gasteiger partial charge in [0.25, 0.3) is 15.9 Å². The van der Waals surface area contributed by atoms with E-state index in [0.29, 0.717) is 11.4 Å². The Kier molecular flexibility index (Phi) is 6.99. The van der Waals surface area contributed by atoms with Gasteiger partial charge >= 0.3 is 0 Å². The summed E-state index contributed by atoms with van der Waals surface area (Å²) in [6.07, 6.45) is 3.60. The zero-order valence-corrected chi connectivity index (χ0v) is 23.3. The number of carbonyl (C=O) groups excluding carboxylic acids is 1. The third-order valence-electron chi connectivity index (χ3n) is 7.55. The number of aryl methyl sites for hydroxylation is 2. The van der Waals surface area contributed by atoms with Crippen LogP contribution in [-0.2, 0) is 33.1 Å². The molecule has 0 saturated heterocycles. The number of fused-ring (bicyclic) bond motifs is 2. The van der Waals surface area contributed by atoms with Crippen molar-refractivity contribution in [3.05, 3.63) is 89.0 Å². The monoisotopic (exact) mass is 532 g/mol. The third kappa shape index (κ3) is 5.17. The summed E-state index contributed by atoms with van der Waals surface area (Å²) < 4.78 is 35.1. The van der Waals surface area contributed by atoms with Gasteiger partial charge in [-0.05, 0) is 84.5 Å². The van der Waals surface area contributed by atoms with Gasteiger partial charge in [0.2, 0.25) is 0 Å². The van der Waals surface area contributed by atoms with E-state index in [4.69, 9.17) is 4.74 Å². The first-order chi connectivity index (χ1) is 18.0. The number of carbonyl (C=O) groups is 1. The Morgan fingerprint density at radius 1 is 0.974 bits per heavy atom. The molecule has 200 valence electrons. The highest BCUT2D eigenvalue weighted by atomic mass is 32.2. The van der Waals surface area contributed by atoms with Gasteiger partial charge in [0.05, 0.1) is 23.2 Å². The van der Waals surface area contributed by atoms with E-state index in [1.54, 1.807) is 36.4 Å². The van der Waals surface area contributed by atoms with E-state index >= 15 is 0 Å². The predicted molar refractivity (Wildman–Crippen MR) is 150 cm³/mol. The van der Waals surface area contributed by atoms with Crippen LogP contribution in [0.4, 0.5) is 5.69 Å². The normalized spacial score (nSPS) is 18.1. The largest absolute Gasteiger partial charge is 0.476 e. The minimum Gasteiger partial charge on any atom is -0.476 e. The zero-order valence-electron chi connectivity index (χ0n) is 22.5. The highest BCUT2D eigenvalue weighted by Crippen LogP contribution is 2.40. The quantitative estimate of drug-likeness (QED) is 0.458. The maximum absolute atomic E-state index is 13.8. The molecule has 5 rings (SSSR count). The summed E-state index contributed by atoms with van der Waals surface area (Å²) >= 11 is 0. The number of amides is 1. The molecule has 1 aliphatic heterocycles. The number of anilines is 1. The fraction of sp³-hybridized carbons (Fsp3) is 0.387. The zero-order chi connectivity index (χ0) is 27.1. The van der Waals surface area contributed by atoms with Crippen molar-refractivity contribution in [2.75, 3.05) is 10.8 Å². The van der Waals surface area contributed by atoms with Gasteiger partial charge in [-0.25, -0.2) is 8.42 Å². The summed E-state index contributed by atoms with van der Waals surface area (Å²) in [6.45, 7) is 8.07. The standard InChI is InChI=1S/C31H36N2O4S/c1-21(23-15-14-22-10-8-9-11-24(22)18-23)32-30(34)29-20-33(38(35,36)26-12-6-5-7-13-26)27-19-25(31(2,3)4)16-17-28(27)37-29/h5-7,12-19,21,29H,8-11,20H2,1-4H3,(H,32,34)/t21-,29-/m1/s1. The Morgan fingerprint density at radius 3 is 2.39 bits per heavy atom. The molecule has 7 heteroatoms. The van der Waals surface area contributed by atoms with Crippen LogP contribution in [0.1, 0.15) is 68.8 Å². The number of rotatable bonds is 5. The third-order valence-corrected chi connectivity index (χ3v) is 9.34. The van der Waals surface area contributed by atoms with E-state index in [1.165, 1.54) is 28.3 Å². The maximum Gasteiger partial charge on any atom is 0.264 e. The van der Waals surface area contributed by atoms with Gasteiger partial charge in [-0.15, -0.1) is 0 Å². The topological polar surface area (TPSA) is 75.7 Å². The lowest BCUT2D eigenvalue weighted by Gasteiger charge is -2.36. The Bertz CT molecular complexity index is 1440. The van der Waals surface area contributed by atoms with Crippen LogP contribution >= 0.6 is 0 Å². The smallest absolute Gasteiger partial charge is 0.264 e. The van der Waals surface area contributed by atoms with Gasteiger partial charge in [0.15, 0.2) is 6.10 Å². The van der Waals surface area contributed by atoms with Crippen LogP contribution in [-0.4, -0.2) is 27.0 Å². The summed E-state index contributed by atoms with van der Waals surface area (Å²) in [5.41, 5.74) is 5.04. The van der Waals surface area contributed by atoms with Gasteiger partial charge in [-0.2, -0.15) is 0 Å². The van der Waals surface area contributed by atoms with E-state index in [-0.39, 0.29) is 28.8 Å². The van der Waals surface area contributed by atoms with Crippen molar-refractivity contribution < 1.29 is 17.9 Å². The number of hydrogen-bond donors (Lipinski definition) is 1. The second-order valence-corrected chi connectivity index (χ2v) is 13.2. The van der Waals surface area contributed by atoms with Crippen molar-refractivity contribution in [3.8, 4) is 5.75 Å². The molecule has 0 radical (unpaired) electrons. The van der Waals surface area contributed by atoms with Gasteiger partial charge in [-0.3, -0.25) is 9.10 Å². The second-order valence-electron chi connectivity index (χ2n) is 11.4. The van der Waals surface area contributed by atoms with Crippen molar-refractivity contribution in [1.82, 2.24) is 5.32 Å². The molecule has 3 aromatic carbocycles. The minimum absolute atomic E-state index is 0.111. The van der Waals surface area contributed by atoms with Gasteiger partial charge in [0.1, 0.15) is 5.75 Å². The molecule has 2 atom stereocenters. The molecule has 0 unspecified atom stereocenters. The molecule has 6 nitrogen and oxygen atoms in total. The Labute approximate surface area is 226 Å². The Morgan fingerprint density at radius 2 is 1.68 bits per heavy atom. The van der Waals surface area contributed by atoms with Gasteiger partial charge in [0, 0.05) is 0 Å². The highest BCUT2D eigenvalue weighted by molar-refractivity contribution is 7.92. The van der Waals surface area contributed by atoms with Crippen molar-refractivity contribution in [2.45, 2.75) is 75.8 Å². The Hall–Kier alpha value is -3.32. The van der Waals surface area contributed by atoms with Gasteiger partial charge in [-0.1, -0.05) is 63.2 Å². The molecule has 0 aromatic heterocycles. The number of ether oxygens (including phenoxy) is 1. The molecule has 0 bridgehead atoms. The lowest BCUT2D eigenvalue weighted by molar-refractivity contribution is -0.128. The van der Waals surface area contributed by atoms with Crippen LogP contribution in [0.15, 0.2) is 71.6 Å². The van der Waals surface area contributed by atoms with Crippen LogP contribution in [0.3, 0.4) is 0 Å². The average Bonchev–Trinajstić information content (AvgIpc) is 2.91. The molecular weight excluding hydrogens is 496 g/mol. The Balaban J connectivity index is 1.44. The van der Waals surface area contributed by atoms with Crippen molar-refractivity contribution in [1.29, 1.82) is 0 Å². The average molecular weight is 533 g/mol. The predicted octanol–water partition coefficient (Wildman–Crippen LogP) is 5.70. The SMILES string of the molecule is C[C@@H](NC(=O)[C@H]1CN(S(=O)(=O)c2ccccc2)c2cc(C(C)(C)C)ccc2O1)c1ccc2c(c1)CCCC2. The number of sulfonamides is 1. The van der Waals surface area contributed by atoms with E-state index in [2.05, 4.69) is 44.3 Å².